The number of carbonyl (C=O) groups excluding carboxylic acids is 1. The van der Waals surface area contributed by atoms with Gasteiger partial charge < -0.3 is 9.30 Å². The number of nitriles is 1. The van der Waals surface area contributed by atoms with Gasteiger partial charge in [-0.2, -0.15) is 5.26 Å². The number of aromatic nitrogens is 4. The standard InChI is InChI=1S/C19H19N5O2/c1-4-26-16-7-5-15(6-8-16)24-13(2)9-17(14(24)3)18(25)11-23-12-21-19(10-20)22-23/h5-9,12H,4,11H2,1-3H3. The lowest BCUT2D eigenvalue weighted by Gasteiger charge is -2.11. The number of rotatable bonds is 6. The van der Waals surface area contributed by atoms with Crippen molar-refractivity contribution in [1.29, 1.82) is 5.26 Å². The van der Waals surface area contributed by atoms with E-state index in [2.05, 4.69) is 10.1 Å². The number of nitrogens with zero attached hydrogens (tertiary/aromatic N) is 5. The van der Waals surface area contributed by atoms with Crippen LogP contribution in [-0.4, -0.2) is 31.7 Å². The first-order valence-electron chi connectivity index (χ1n) is 8.28. The molecule has 0 radical (unpaired) electrons. The molecule has 132 valence electrons. The summed E-state index contributed by atoms with van der Waals surface area (Å²) in [6.07, 6.45) is 1.39. The highest BCUT2D eigenvalue weighted by Gasteiger charge is 2.17. The molecule has 3 rings (SSSR count). The Hall–Kier alpha value is -3.40. The molecule has 0 aliphatic rings. The molecule has 3 aromatic rings. The molecule has 0 saturated heterocycles. The number of ether oxygens (including phenoxy) is 1. The molecule has 7 heteroatoms. The predicted octanol–water partition coefficient (Wildman–Crippen LogP) is 2.84. The Bertz CT molecular complexity index is 977. The largest absolute Gasteiger partial charge is 0.494 e. The number of hydrogen-bond acceptors (Lipinski definition) is 5. The topological polar surface area (TPSA) is 85.7 Å². The van der Waals surface area contributed by atoms with Gasteiger partial charge in [0.25, 0.3) is 5.82 Å². The molecule has 0 bridgehead atoms. The van der Waals surface area contributed by atoms with Crippen LogP contribution >= 0.6 is 0 Å². The summed E-state index contributed by atoms with van der Waals surface area (Å²) in [5.74, 6) is 0.789. The summed E-state index contributed by atoms with van der Waals surface area (Å²) >= 11 is 0. The third-order valence-corrected chi connectivity index (χ3v) is 4.08. The van der Waals surface area contributed by atoms with Gasteiger partial charge >= 0.3 is 0 Å². The summed E-state index contributed by atoms with van der Waals surface area (Å²) in [4.78, 5) is 16.5. The molecule has 2 heterocycles. The minimum atomic E-state index is -0.0790. The summed E-state index contributed by atoms with van der Waals surface area (Å²) in [7, 11) is 0. The molecular weight excluding hydrogens is 330 g/mol. The lowest BCUT2D eigenvalue weighted by atomic mass is 10.1. The lowest BCUT2D eigenvalue weighted by molar-refractivity contribution is 0.0967. The molecule has 0 unspecified atom stereocenters. The fourth-order valence-corrected chi connectivity index (χ4v) is 2.95. The molecular formula is C19H19N5O2. The first-order chi connectivity index (χ1) is 12.5. The van der Waals surface area contributed by atoms with Crippen LogP contribution < -0.4 is 4.74 Å². The Balaban J connectivity index is 1.87. The van der Waals surface area contributed by atoms with Crippen molar-refractivity contribution in [3.8, 4) is 17.5 Å². The Morgan fingerprint density at radius 1 is 1.27 bits per heavy atom. The van der Waals surface area contributed by atoms with Crippen molar-refractivity contribution in [3.63, 3.8) is 0 Å². The van der Waals surface area contributed by atoms with Crippen LogP contribution in [0.25, 0.3) is 5.69 Å². The number of carbonyl (C=O) groups is 1. The van der Waals surface area contributed by atoms with E-state index in [1.54, 1.807) is 0 Å². The molecule has 0 N–H and O–H groups in total. The second-order valence-corrected chi connectivity index (χ2v) is 5.85. The average molecular weight is 349 g/mol. The molecule has 0 fully saturated rings. The van der Waals surface area contributed by atoms with E-state index in [0.717, 1.165) is 22.8 Å². The Labute approximate surface area is 151 Å². The molecule has 1 aromatic carbocycles. The molecule has 7 nitrogen and oxygen atoms in total. The third-order valence-electron chi connectivity index (χ3n) is 4.08. The molecule has 26 heavy (non-hydrogen) atoms. The maximum atomic E-state index is 12.7. The summed E-state index contributed by atoms with van der Waals surface area (Å²) in [5.41, 5.74) is 3.42. The number of benzene rings is 1. The van der Waals surface area contributed by atoms with Crippen LogP contribution in [0, 0.1) is 25.2 Å². The van der Waals surface area contributed by atoms with E-state index in [0.29, 0.717) is 12.2 Å². The molecule has 0 aliphatic heterocycles. The fourth-order valence-electron chi connectivity index (χ4n) is 2.95. The van der Waals surface area contributed by atoms with Gasteiger partial charge in [-0.1, -0.05) is 0 Å². The summed E-state index contributed by atoms with van der Waals surface area (Å²) < 4.78 is 8.89. The smallest absolute Gasteiger partial charge is 0.252 e. The van der Waals surface area contributed by atoms with Gasteiger partial charge in [0.05, 0.1) is 6.61 Å². The predicted molar refractivity (Wildman–Crippen MR) is 95.5 cm³/mol. The van der Waals surface area contributed by atoms with Crippen molar-refractivity contribution in [2.24, 2.45) is 0 Å². The Morgan fingerprint density at radius 3 is 2.62 bits per heavy atom. The van der Waals surface area contributed by atoms with Crippen LogP contribution in [0.3, 0.4) is 0 Å². The maximum Gasteiger partial charge on any atom is 0.252 e. The fraction of sp³-hybridized carbons (Fsp3) is 0.263. The average Bonchev–Trinajstić information content (AvgIpc) is 3.20. The number of ketones is 1. The summed E-state index contributed by atoms with van der Waals surface area (Å²) in [6.45, 7) is 6.49. The van der Waals surface area contributed by atoms with E-state index < -0.39 is 0 Å². The second kappa shape index (κ2) is 7.23. The van der Waals surface area contributed by atoms with Crippen molar-refractivity contribution < 1.29 is 9.53 Å². The van der Waals surface area contributed by atoms with Gasteiger partial charge in [-0.05, 0) is 51.1 Å². The van der Waals surface area contributed by atoms with E-state index in [9.17, 15) is 4.79 Å². The Morgan fingerprint density at radius 2 is 2.00 bits per heavy atom. The van der Waals surface area contributed by atoms with Crippen LogP contribution in [0.2, 0.25) is 0 Å². The van der Waals surface area contributed by atoms with Gasteiger partial charge in [0.2, 0.25) is 0 Å². The number of Topliss-reactive ketones (excluding diaryl/α,β-unsaturated/α-hetero) is 1. The molecule has 0 saturated carbocycles. The molecule has 2 aromatic heterocycles. The van der Waals surface area contributed by atoms with Gasteiger partial charge in [-0.3, -0.25) is 4.79 Å². The molecule has 0 aliphatic carbocycles. The van der Waals surface area contributed by atoms with E-state index in [4.69, 9.17) is 10.00 Å². The van der Waals surface area contributed by atoms with Crippen LogP contribution in [0.1, 0.15) is 34.5 Å². The maximum absolute atomic E-state index is 12.7. The van der Waals surface area contributed by atoms with Crippen LogP contribution in [0.5, 0.6) is 5.75 Å². The van der Waals surface area contributed by atoms with E-state index in [1.807, 2.05) is 61.7 Å². The Kier molecular flexibility index (Phi) is 4.85. The van der Waals surface area contributed by atoms with Crippen LogP contribution in [-0.2, 0) is 6.54 Å². The summed E-state index contributed by atoms with van der Waals surface area (Å²) in [6, 6.07) is 11.5. The van der Waals surface area contributed by atoms with E-state index in [-0.39, 0.29) is 18.2 Å². The second-order valence-electron chi connectivity index (χ2n) is 5.85. The van der Waals surface area contributed by atoms with Crippen molar-refractivity contribution in [1.82, 2.24) is 19.3 Å². The minimum Gasteiger partial charge on any atom is -0.494 e. The SMILES string of the molecule is CCOc1ccc(-n2c(C)cc(C(=O)Cn3cnc(C#N)n3)c2C)cc1. The van der Waals surface area contributed by atoms with Crippen LogP contribution in [0.15, 0.2) is 36.7 Å². The first kappa shape index (κ1) is 17.4. The third kappa shape index (κ3) is 3.35. The van der Waals surface area contributed by atoms with Gasteiger partial charge in [0.15, 0.2) is 5.78 Å². The normalized spacial score (nSPS) is 10.5. The lowest BCUT2D eigenvalue weighted by Crippen LogP contribution is -2.12. The zero-order valence-electron chi connectivity index (χ0n) is 14.9. The van der Waals surface area contributed by atoms with Gasteiger partial charge in [-0.15, -0.1) is 5.10 Å². The van der Waals surface area contributed by atoms with Crippen LogP contribution in [0.4, 0.5) is 0 Å². The zero-order valence-corrected chi connectivity index (χ0v) is 14.9. The van der Waals surface area contributed by atoms with E-state index in [1.165, 1.54) is 11.0 Å². The van der Waals surface area contributed by atoms with Crippen molar-refractivity contribution >= 4 is 5.78 Å². The first-order valence-corrected chi connectivity index (χ1v) is 8.28. The van der Waals surface area contributed by atoms with Gasteiger partial charge in [0.1, 0.15) is 24.7 Å². The monoisotopic (exact) mass is 349 g/mol. The van der Waals surface area contributed by atoms with Crippen molar-refractivity contribution in [3.05, 3.63) is 59.4 Å². The summed E-state index contributed by atoms with van der Waals surface area (Å²) in [5, 5.41) is 12.7. The highest BCUT2D eigenvalue weighted by molar-refractivity contribution is 5.97. The number of hydrogen-bond donors (Lipinski definition) is 0. The zero-order chi connectivity index (χ0) is 18.7. The van der Waals surface area contributed by atoms with Gasteiger partial charge in [0, 0.05) is 22.6 Å². The minimum absolute atomic E-state index is 0.0439. The highest BCUT2D eigenvalue weighted by Crippen LogP contribution is 2.23. The number of aryl methyl sites for hydroxylation is 1. The highest BCUT2D eigenvalue weighted by atomic mass is 16.5. The quantitative estimate of drug-likeness (QED) is 0.639. The van der Waals surface area contributed by atoms with Crippen molar-refractivity contribution in [2.75, 3.05) is 6.61 Å². The molecule has 0 atom stereocenters. The van der Waals surface area contributed by atoms with E-state index >= 15 is 0 Å². The van der Waals surface area contributed by atoms with Crippen molar-refractivity contribution in [2.45, 2.75) is 27.3 Å². The molecule has 0 amide bonds. The molecule has 0 spiro atoms. The van der Waals surface area contributed by atoms with Gasteiger partial charge in [-0.25, -0.2) is 9.67 Å².